The molecule has 0 bridgehead atoms. The normalized spacial score (nSPS) is 20.6. The van der Waals surface area contributed by atoms with E-state index in [1.54, 1.807) is 6.92 Å². The molecule has 0 saturated carbocycles. The van der Waals surface area contributed by atoms with Crippen LogP contribution in [0.2, 0.25) is 0 Å². The molecule has 0 atom stereocenters. The van der Waals surface area contributed by atoms with Gasteiger partial charge in [0.15, 0.2) is 0 Å². The highest BCUT2D eigenvalue weighted by Gasteiger charge is 2.32. The minimum absolute atomic E-state index is 0.0369. The van der Waals surface area contributed by atoms with E-state index < -0.39 is 11.8 Å². The standard InChI is InChI=1S/C15H12O6/c1-7-3-11(21-15(7)18)9-6-20-12-5-8(19-2)4-10(16)13(12)14(9)17/h3-5,16H,6H2,1-2H3. The van der Waals surface area contributed by atoms with Crippen LogP contribution in [0, 0.1) is 0 Å². The maximum absolute atomic E-state index is 12.5. The molecule has 0 spiro atoms. The van der Waals surface area contributed by atoms with Gasteiger partial charge in [-0.3, -0.25) is 4.79 Å². The van der Waals surface area contributed by atoms with E-state index in [0.29, 0.717) is 11.3 Å². The lowest BCUT2D eigenvalue weighted by atomic mass is 9.98. The van der Waals surface area contributed by atoms with Gasteiger partial charge in [0, 0.05) is 17.7 Å². The summed E-state index contributed by atoms with van der Waals surface area (Å²) in [5.41, 5.74) is 0.654. The van der Waals surface area contributed by atoms with Crippen molar-refractivity contribution in [2.75, 3.05) is 13.7 Å². The van der Waals surface area contributed by atoms with Crippen molar-refractivity contribution in [2.24, 2.45) is 0 Å². The third-order valence-electron chi connectivity index (χ3n) is 3.33. The van der Waals surface area contributed by atoms with Crippen LogP contribution in [0.4, 0.5) is 0 Å². The number of allylic oxidation sites excluding steroid dienone is 1. The van der Waals surface area contributed by atoms with Crippen molar-refractivity contribution < 1.29 is 28.9 Å². The van der Waals surface area contributed by atoms with Crippen LogP contribution in [-0.4, -0.2) is 30.6 Å². The molecule has 0 aliphatic carbocycles. The summed E-state index contributed by atoms with van der Waals surface area (Å²) in [6.07, 6.45) is 1.49. The molecular weight excluding hydrogens is 276 g/mol. The Labute approximate surface area is 120 Å². The number of phenols is 1. The van der Waals surface area contributed by atoms with Crippen LogP contribution < -0.4 is 9.47 Å². The summed E-state index contributed by atoms with van der Waals surface area (Å²) in [5, 5.41) is 9.98. The van der Waals surface area contributed by atoms with Crippen LogP contribution in [-0.2, 0) is 9.53 Å². The van der Waals surface area contributed by atoms with E-state index >= 15 is 0 Å². The number of Topliss-reactive ketones (excluding diaryl/α,β-unsaturated/α-hetero) is 1. The van der Waals surface area contributed by atoms with Gasteiger partial charge in [-0.1, -0.05) is 0 Å². The summed E-state index contributed by atoms with van der Waals surface area (Å²) in [7, 11) is 1.45. The molecule has 1 N–H and O–H groups in total. The van der Waals surface area contributed by atoms with Gasteiger partial charge >= 0.3 is 5.97 Å². The van der Waals surface area contributed by atoms with Crippen molar-refractivity contribution in [3.63, 3.8) is 0 Å². The molecule has 2 aliphatic rings. The van der Waals surface area contributed by atoms with Crippen molar-refractivity contribution in [2.45, 2.75) is 6.92 Å². The highest BCUT2D eigenvalue weighted by atomic mass is 16.5. The molecule has 1 aromatic rings. The molecule has 0 unspecified atom stereocenters. The van der Waals surface area contributed by atoms with Gasteiger partial charge in [0.1, 0.15) is 35.2 Å². The summed E-state index contributed by atoms with van der Waals surface area (Å²) in [5.74, 6) is -0.356. The van der Waals surface area contributed by atoms with Gasteiger partial charge < -0.3 is 19.3 Å². The SMILES string of the molecule is COc1cc(O)c2c(c1)OCC(=C1C=C(C)C(=O)O1)C2=O. The first-order valence-corrected chi connectivity index (χ1v) is 6.23. The van der Waals surface area contributed by atoms with Gasteiger partial charge in [-0.15, -0.1) is 0 Å². The number of aromatic hydroxyl groups is 1. The number of esters is 1. The molecule has 6 nitrogen and oxygen atoms in total. The summed E-state index contributed by atoms with van der Waals surface area (Å²) >= 11 is 0. The Bertz CT molecular complexity index is 726. The fourth-order valence-corrected chi connectivity index (χ4v) is 2.20. The summed E-state index contributed by atoms with van der Waals surface area (Å²) < 4.78 is 15.5. The zero-order valence-electron chi connectivity index (χ0n) is 11.4. The highest BCUT2D eigenvalue weighted by Crippen LogP contribution is 2.39. The number of hydrogen-bond donors (Lipinski definition) is 1. The Morgan fingerprint density at radius 2 is 2.05 bits per heavy atom. The molecular formula is C15H12O6. The maximum Gasteiger partial charge on any atom is 0.339 e. The lowest BCUT2D eigenvalue weighted by Gasteiger charge is -2.21. The first-order chi connectivity index (χ1) is 10.0. The van der Waals surface area contributed by atoms with Crippen molar-refractivity contribution >= 4 is 11.8 Å². The molecule has 0 radical (unpaired) electrons. The summed E-state index contributed by atoms with van der Waals surface area (Å²) in [4.78, 5) is 23.9. The minimum Gasteiger partial charge on any atom is -0.507 e. The van der Waals surface area contributed by atoms with Crippen molar-refractivity contribution in [3.8, 4) is 17.2 Å². The maximum atomic E-state index is 12.5. The molecule has 108 valence electrons. The van der Waals surface area contributed by atoms with Gasteiger partial charge in [0.2, 0.25) is 5.78 Å². The number of fused-ring (bicyclic) bond motifs is 1. The van der Waals surface area contributed by atoms with Crippen LogP contribution in [0.25, 0.3) is 0 Å². The molecule has 2 aliphatic heterocycles. The number of carbonyl (C=O) groups excluding carboxylic acids is 2. The predicted molar refractivity (Wildman–Crippen MR) is 71.4 cm³/mol. The van der Waals surface area contributed by atoms with E-state index in [9.17, 15) is 14.7 Å². The number of ether oxygens (including phenoxy) is 3. The van der Waals surface area contributed by atoms with Gasteiger partial charge in [0.05, 0.1) is 12.7 Å². The van der Waals surface area contributed by atoms with E-state index in [1.165, 1.54) is 25.3 Å². The monoisotopic (exact) mass is 288 g/mol. The van der Waals surface area contributed by atoms with Crippen LogP contribution in [0.5, 0.6) is 17.2 Å². The lowest BCUT2D eigenvalue weighted by molar-refractivity contribution is -0.133. The number of cyclic esters (lactones) is 1. The lowest BCUT2D eigenvalue weighted by Crippen LogP contribution is -2.21. The highest BCUT2D eigenvalue weighted by molar-refractivity contribution is 6.14. The Morgan fingerprint density at radius 3 is 2.67 bits per heavy atom. The first kappa shape index (κ1) is 13.2. The molecule has 0 amide bonds. The van der Waals surface area contributed by atoms with Crippen LogP contribution in [0.3, 0.4) is 0 Å². The van der Waals surface area contributed by atoms with Crippen LogP contribution in [0.1, 0.15) is 17.3 Å². The van der Waals surface area contributed by atoms with Gasteiger partial charge in [0.25, 0.3) is 0 Å². The Hall–Kier alpha value is -2.76. The van der Waals surface area contributed by atoms with E-state index in [-0.39, 0.29) is 35.0 Å². The second-order valence-corrected chi connectivity index (χ2v) is 4.70. The molecule has 0 aromatic heterocycles. The van der Waals surface area contributed by atoms with Gasteiger partial charge in [-0.2, -0.15) is 0 Å². The molecule has 3 rings (SSSR count). The number of ketones is 1. The van der Waals surface area contributed by atoms with E-state index in [2.05, 4.69) is 0 Å². The molecule has 2 heterocycles. The average Bonchev–Trinajstić information content (AvgIpc) is 2.78. The number of benzene rings is 1. The number of rotatable bonds is 1. The third-order valence-corrected chi connectivity index (χ3v) is 3.33. The van der Waals surface area contributed by atoms with Crippen molar-refractivity contribution in [1.29, 1.82) is 0 Å². The number of carbonyl (C=O) groups is 2. The zero-order chi connectivity index (χ0) is 15.1. The van der Waals surface area contributed by atoms with Crippen molar-refractivity contribution in [3.05, 3.63) is 40.7 Å². The van der Waals surface area contributed by atoms with Crippen LogP contribution >= 0.6 is 0 Å². The van der Waals surface area contributed by atoms with E-state index in [4.69, 9.17) is 14.2 Å². The second-order valence-electron chi connectivity index (χ2n) is 4.70. The molecule has 21 heavy (non-hydrogen) atoms. The topological polar surface area (TPSA) is 82.1 Å². The predicted octanol–water partition coefficient (Wildman–Crippen LogP) is 1.73. The third kappa shape index (κ3) is 2.05. The average molecular weight is 288 g/mol. The van der Waals surface area contributed by atoms with Crippen LogP contribution in [0.15, 0.2) is 35.1 Å². The largest absolute Gasteiger partial charge is 0.507 e. The number of methoxy groups -OCH3 is 1. The fourth-order valence-electron chi connectivity index (χ4n) is 2.20. The fraction of sp³-hybridized carbons (Fsp3) is 0.200. The summed E-state index contributed by atoms with van der Waals surface area (Å²) in [6.45, 7) is 1.56. The molecule has 0 saturated heterocycles. The summed E-state index contributed by atoms with van der Waals surface area (Å²) in [6, 6.07) is 2.85. The van der Waals surface area contributed by atoms with E-state index in [1.807, 2.05) is 0 Å². The smallest absolute Gasteiger partial charge is 0.339 e. The Kier molecular flexibility index (Phi) is 2.94. The van der Waals surface area contributed by atoms with Crippen molar-refractivity contribution in [1.82, 2.24) is 0 Å². The number of phenolic OH excluding ortho intramolecular Hbond substituents is 1. The second kappa shape index (κ2) is 4.66. The quantitative estimate of drug-likeness (QED) is 0.626. The Morgan fingerprint density at radius 1 is 1.29 bits per heavy atom. The van der Waals surface area contributed by atoms with Gasteiger partial charge in [-0.05, 0) is 13.0 Å². The van der Waals surface area contributed by atoms with Gasteiger partial charge in [-0.25, -0.2) is 4.79 Å². The number of hydrogen-bond acceptors (Lipinski definition) is 6. The minimum atomic E-state index is -0.491. The Balaban J connectivity index is 2.08. The van der Waals surface area contributed by atoms with E-state index in [0.717, 1.165) is 0 Å². The molecule has 0 fully saturated rings. The zero-order valence-corrected chi connectivity index (χ0v) is 11.4. The molecule has 6 heteroatoms. The first-order valence-electron chi connectivity index (χ1n) is 6.23. The molecule has 1 aromatic carbocycles.